The third kappa shape index (κ3) is 3.14. The minimum atomic E-state index is -1.29. The molecule has 0 aromatic heterocycles. The minimum absolute atomic E-state index is 0.0829. The van der Waals surface area contributed by atoms with E-state index in [0.717, 1.165) is 18.4 Å². The average molecular weight is 381 g/mol. The number of hydrogen-bond donors (Lipinski definition) is 0. The maximum absolute atomic E-state index is 13.8. The molecule has 2 aromatic carbocycles. The van der Waals surface area contributed by atoms with Crippen LogP contribution in [0.3, 0.4) is 0 Å². The molecule has 0 amide bonds. The second-order valence-corrected chi connectivity index (χ2v) is 7.80. The van der Waals surface area contributed by atoms with Crippen LogP contribution in [0.4, 0.5) is 4.39 Å². The topological polar surface area (TPSA) is 46.6 Å². The van der Waals surface area contributed by atoms with Gasteiger partial charge in [0.25, 0.3) is 0 Å². The van der Waals surface area contributed by atoms with Crippen LogP contribution in [0.2, 0.25) is 0 Å². The number of hydrogen-bond acceptors (Lipinski definition) is 4. The van der Waals surface area contributed by atoms with Gasteiger partial charge in [-0.2, -0.15) is 0 Å². The molecule has 2 saturated heterocycles. The number of nitrogens with zero attached hydrogens (tertiary/aromatic N) is 1. The highest BCUT2D eigenvalue weighted by Gasteiger charge is 2.61. The molecule has 0 spiro atoms. The van der Waals surface area contributed by atoms with Gasteiger partial charge in [-0.3, -0.25) is 14.5 Å². The monoisotopic (exact) mass is 381 g/mol. The summed E-state index contributed by atoms with van der Waals surface area (Å²) in [5, 5.41) is 0. The third-order valence-electron chi connectivity index (χ3n) is 6.26. The molecule has 2 aliphatic rings. The van der Waals surface area contributed by atoms with E-state index in [1.807, 2.05) is 18.2 Å². The van der Waals surface area contributed by atoms with Gasteiger partial charge in [-0.15, -0.1) is 0 Å². The van der Waals surface area contributed by atoms with Crippen LogP contribution in [-0.4, -0.2) is 35.8 Å². The zero-order valence-corrected chi connectivity index (χ0v) is 15.9. The van der Waals surface area contributed by atoms with Gasteiger partial charge in [-0.05, 0) is 42.5 Å². The predicted octanol–water partition coefficient (Wildman–Crippen LogP) is 3.53. The largest absolute Gasteiger partial charge is 0.468 e. The molecule has 2 aromatic rings. The number of methoxy groups -OCH3 is 1. The number of ketones is 1. The number of Topliss-reactive ketones (excluding diaryl/α,β-unsaturated/α-hetero) is 1. The van der Waals surface area contributed by atoms with Crippen LogP contribution in [0.15, 0.2) is 54.6 Å². The number of carbonyl (C=O) groups excluding carboxylic acids is 2. The summed E-state index contributed by atoms with van der Waals surface area (Å²) in [6.07, 6.45) is 2.13. The molecule has 4 rings (SSSR count). The van der Waals surface area contributed by atoms with Crippen molar-refractivity contribution >= 4 is 11.8 Å². The van der Waals surface area contributed by atoms with Crippen LogP contribution in [0.5, 0.6) is 0 Å². The van der Waals surface area contributed by atoms with Gasteiger partial charge in [0.2, 0.25) is 0 Å². The van der Waals surface area contributed by atoms with Crippen LogP contribution < -0.4 is 0 Å². The molecule has 0 saturated carbocycles. The maximum atomic E-state index is 13.8. The first-order valence-corrected chi connectivity index (χ1v) is 9.70. The lowest BCUT2D eigenvalue weighted by Gasteiger charge is -2.45. The van der Waals surface area contributed by atoms with Crippen molar-refractivity contribution in [3.8, 4) is 0 Å². The lowest BCUT2D eigenvalue weighted by molar-refractivity contribution is -0.167. The summed E-state index contributed by atoms with van der Waals surface area (Å²) >= 11 is 0. The summed E-state index contributed by atoms with van der Waals surface area (Å²) in [4.78, 5) is 28.5. The number of carbonyl (C=O) groups is 2. The number of halogens is 1. The van der Waals surface area contributed by atoms with E-state index in [9.17, 15) is 14.0 Å². The van der Waals surface area contributed by atoms with E-state index in [2.05, 4.69) is 17.0 Å². The highest BCUT2D eigenvalue weighted by atomic mass is 19.1. The van der Waals surface area contributed by atoms with Crippen LogP contribution in [0, 0.1) is 11.2 Å². The fourth-order valence-corrected chi connectivity index (χ4v) is 4.99. The van der Waals surface area contributed by atoms with Crippen LogP contribution in [0.25, 0.3) is 0 Å². The summed E-state index contributed by atoms with van der Waals surface area (Å²) in [5.74, 6) is -0.961. The third-order valence-corrected chi connectivity index (χ3v) is 6.26. The van der Waals surface area contributed by atoms with Gasteiger partial charge < -0.3 is 4.74 Å². The van der Waals surface area contributed by atoms with E-state index >= 15 is 0 Å². The normalized spacial score (nSPS) is 27.0. The number of fused-ring (bicyclic) bond motifs is 2. The van der Waals surface area contributed by atoms with Crippen molar-refractivity contribution in [3.05, 3.63) is 71.5 Å². The van der Waals surface area contributed by atoms with Crippen molar-refractivity contribution in [2.45, 2.75) is 44.3 Å². The second kappa shape index (κ2) is 7.47. The average Bonchev–Trinajstić information content (AvgIpc) is 3.01. The van der Waals surface area contributed by atoms with Crippen LogP contribution >= 0.6 is 0 Å². The molecular weight excluding hydrogens is 357 g/mol. The molecule has 3 atom stereocenters. The Kier molecular flexibility index (Phi) is 5.02. The maximum Gasteiger partial charge on any atom is 0.321 e. The lowest BCUT2D eigenvalue weighted by atomic mass is 9.68. The Labute approximate surface area is 164 Å². The Morgan fingerprint density at radius 3 is 2.61 bits per heavy atom. The summed E-state index contributed by atoms with van der Waals surface area (Å²) < 4.78 is 18.9. The Balaban J connectivity index is 1.73. The van der Waals surface area contributed by atoms with Crippen molar-refractivity contribution in [1.82, 2.24) is 4.90 Å². The molecular formula is C23H24FNO3. The second-order valence-electron chi connectivity index (χ2n) is 7.80. The minimum Gasteiger partial charge on any atom is -0.468 e. The van der Waals surface area contributed by atoms with Gasteiger partial charge in [0.1, 0.15) is 11.2 Å². The number of esters is 1. The highest BCUT2D eigenvalue weighted by Crippen LogP contribution is 2.48. The highest BCUT2D eigenvalue weighted by molar-refractivity contribution is 6.06. The zero-order valence-electron chi connectivity index (χ0n) is 15.9. The van der Waals surface area contributed by atoms with Crippen molar-refractivity contribution in [1.29, 1.82) is 0 Å². The molecule has 0 N–H and O–H groups in total. The van der Waals surface area contributed by atoms with Crippen molar-refractivity contribution in [3.63, 3.8) is 0 Å². The van der Waals surface area contributed by atoms with Gasteiger partial charge in [-0.25, -0.2) is 4.39 Å². The van der Waals surface area contributed by atoms with E-state index in [0.29, 0.717) is 18.5 Å². The first-order chi connectivity index (χ1) is 13.5. The molecule has 2 bridgehead atoms. The number of benzene rings is 2. The Bertz CT molecular complexity index is 884. The molecule has 0 unspecified atom stereocenters. The fourth-order valence-electron chi connectivity index (χ4n) is 4.99. The number of rotatable bonds is 5. The number of ether oxygens (including phenoxy) is 1. The molecule has 4 nitrogen and oxygen atoms in total. The molecule has 0 aliphatic carbocycles. The van der Waals surface area contributed by atoms with Crippen LogP contribution in [-0.2, 0) is 27.3 Å². The van der Waals surface area contributed by atoms with Crippen molar-refractivity contribution in [2.24, 2.45) is 5.41 Å². The molecule has 2 heterocycles. The standard InChI is InChI=1S/C23H24FNO3/c1-28-22(27)23(14-17-8-5-9-18(24)12-17)20-11-10-19(13-21(23)26)25(20)15-16-6-3-2-4-7-16/h2-9,12,19-20H,10-11,13-15H2,1H3/t19-,20+,23+/m1/s1. The van der Waals surface area contributed by atoms with E-state index in [1.54, 1.807) is 12.1 Å². The molecule has 2 fully saturated rings. The van der Waals surface area contributed by atoms with Crippen LogP contribution in [0.1, 0.15) is 30.4 Å². The molecule has 5 heteroatoms. The summed E-state index contributed by atoms with van der Waals surface area (Å²) in [6, 6.07) is 16.1. The Morgan fingerprint density at radius 2 is 1.89 bits per heavy atom. The van der Waals surface area contributed by atoms with Crippen molar-refractivity contribution < 1.29 is 18.7 Å². The Morgan fingerprint density at radius 1 is 1.14 bits per heavy atom. The molecule has 0 radical (unpaired) electrons. The van der Waals surface area contributed by atoms with Gasteiger partial charge in [0, 0.05) is 25.0 Å². The quantitative estimate of drug-likeness (QED) is 0.587. The predicted molar refractivity (Wildman–Crippen MR) is 103 cm³/mol. The summed E-state index contributed by atoms with van der Waals surface area (Å²) in [7, 11) is 1.32. The van der Waals surface area contributed by atoms with Crippen molar-refractivity contribution in [2.75, 3.05) is 7.11 Å². The zero-order chi connectivity index (χ0) is 19.7. The Hall–Kier alpha value is -2.53. The van der Waals surface area contributed by atoms with E-state index < -0.39 is 11.4 Å². The van der Waals surface area contributed by atoms with E-state index in [1.165, 1.54) is 19.2 Å². The van der Waals surface area contributed by atoms with Gasteiger partial charge in [0.15, 0.2) is 5.78 Å². The SMILES string of the molecule is COC(=O)[C@]1(Cc2cccc(F)c2)C(=O)C[C@H]2CC[C@@H]1N2Cc1ccccc1. The van der Waals surface area contributed by atoms with Gasteiger partial charge in [-0.1, -0.05) is 42.5 Å². The molecule has 28 heavy (non-hydrogen) atoms. The molecule has 2 aliphatic heterocycles. The molecule has 146 valence electrons. The summed E-state index contributed by atoms with van der Waals surface area (Å²) in [6.45, 7) is 0.686. The van der Waals surface area contributed by atoms with E-state index in [-0.39, 0.29) is 30.1 Å². The first kappa shape index (κ1) is 18.8. The fraction of sp³-hybridized carbons (Fsp3) is 0.391. The van der Waals surface area contributed by atoms with Gasteiger partial charge in [0.05, 0.1) is 7.11 Å². The number of piperidine rings is 1. The summed E-state index contributed by atoms with van der Waals surface area (Å²) in [5.41, 5.74) is 0.506. The van der Waals surface area contributed by atoms with E-state index in [4.69, 9.17) is 4.74 Å². The lowest BCUT2D eigenvalue weighted by Crippen LogP contribution is -2.61. The first-order valence-electron chi connectivity index (χ1n) is 9.70. The smallest absolute Gasteiger partial charge is 0.321 e. The van der Waals surface area contributed by atoms with Gasteiger partial charge >= 0.3 is 5.97 Å².